The van der Waals surface area contributed by atoms with Crippen LogP contribution in [0.4, 0.5) is 0 Å². The van der Waals surface area contributed by atoms with E-state index in [2.05, 4.69) is 4.90 Å². The lowest BCUT2D eigenvalue weighted by Gasteiger charge is -2.56. The van der Waals surface area contributed by atoms with Gasteiger partial charge in [0.15, 0.2) is 17.6 Å². The van der Waals surface area contributed by atoms with Crippen molar-refractivity contribution in [2.75, 3.05) is 13.6 Å². The van der Waals surface area contributed by atoms with Crippen LogP contribution in [0.5, 0.6) is 11.5 Å². The Labute approximate surface area is 266 Å². The van der Waals surface area contributed by atoms with Gasteiger partial charge in [-0.3, -0.25) is 14.4 Å². The van der Waals surface area contributed by atoms with Crippen LogP contribution in [0.2, 0.25) is 0 Å². The standard InChI is InChI=1S/C33H41NO12/c1-17(35)14-22(44-30(40)23(42-18(2)36)16-25(38)46-31(3,4)5)29(39)43-21-10-12-33(41)24-15-19-8-9-20(37)27-26(19)32(33,28(21)45-27)11-7-13-34(24)6/h8-10,22-24,28,37,41H,7,11-16H2,1-6H3/t22-,23-,24+,28-,32-,33+/m0/s1. The number of phenols is 1. The number of phenolic OH excluding ortho intramolecular Hbond substituents is 1. The van der Waals surface area contributed by atoms with Crippen LogP contribution in [0.3, 0.4) is 0 Å². The number of aliphatic hydroxyl groups is 1. The number of hydrogen-bond donors (Lipinski definition) is 2. The normalized spacial score (nSPS) is 27.5. The van der Waals surface area contributed by atoms with E-state index in [4.69, 9.17) is 23.7 Å². The molecule has 0 saturated carbocycles. The van der Waals surface area contributed by atoms with E-state index < -0.39 is 77.4 Å². The summed E-state index contributed by atoms with van der Waals surface area (Å²) in [6.45, 7) is 7.82. The summed E-state index contributed by atoms with van der Waals surface area (Å²) in [6, 6.07) is 3.11. The summed E-state index contributed by atoms with van der Waals surface area (Å²) in [5.41, 5.74) is -1.61. The second-order valence-corrected chi connectivity index (χ2v) is 13.6. The van der Waals surface area contributed by atoms with Gasteiger partial charge >= 0.3 is 23.9 Å². The number of ketones is 1. The lowest BCUT2D eigenvalue weighted by molar-refractivity contribution is -0.182. The molecule has 2 heterocycles. The fourth-order valence-electron chi connectivity index (χ4n) is 7.43. The molecule has 46 heavy (non-hydrogen) atoms. The number of nitrogens with zero attached hydrogens (tertiary/aromatic N) is 1. The number of aromatic hydroxyl groups is 1. The molecule has 5 rings (SSSR count). The summed E-state index contributed by atoms with van der Waals surface area (Å²) >= 11 is 0. The third-order valence-corrected chi connectivity index (χ3v) is 9.13. The van der Waals surface area contributed by atoms with E-state index in [1.807, 2.05) is 13.1 Å². The molecule has 13 heteroatoms. The van der Waals surface area contributed by atoms with Crippen molar-refractivity contribution in [1.82, 2.24) is 4.90 Å². The third kappa shape index (κ3) is 5.86. The molecule has 1 saturated heterocycles. The largest absolute Gasteiger partial charge is 0.504 e. The molecule has 1 fully saturated rings. The zero-order valence-corrected chi connectivity index (χ0v) is 26.9. The Morgan fingerprint density at radius 2 is 1.76 bits per heavy atom. The number of benzene rings is 1. The minimum absolute atomic E-state index is 0.0521. The van der Waals surface area contributed by atoms with E-state index >= 15 is 0 Å². The second-order valence-electron chi connectivity index (χ2n) is 13.6. The maximum absolute atomic E-state index is 13.6. The molecule has 250 valence electrons. The Morgan fingerprint density at radius 1 is 1.07 bits per heavy atom. The van der Waals surface area contributed by atoms with Crippen molar-refractivity contribution >= 4 is 29.7 Å². The highest BCUT2D eigenvalue weighted by molar-refractivity contribution is 5.89. The smallest absolute Gasteiger partial charge is 0.353 e. The van der Waals surface area contributed by atoms with Gasteiger partial charge < -0.3 is 38.8 Å². The number of likely N-dealkylation sites (tertiary alicyclic amines) is 1. The van der Waals surface area contributed by atoms with Crippen molar-refractivity contribution in [1.29, 1.82) is 0 Å². The van der Waals surface area contributed by atoms with E-state index in [0.717, 1.165) is 19.0 Å². The molecule has 1 aromatic carbocycles. The first kappa shape index (κ1) is 33.4. The molecule has 1 spiro atoms. The SMILES string of the molecule is CC(=O)C[C@H](OC(=O)[C@H](CC(=O)OC(C)(C)C)OC(C)=O)C(=O)OC1=CC[C@@]2(O)[C@H]3Cc4ccc(O)c5c4[C@@]2(CCCN3C)[C@H]1O5. The van der Waals surface area contributed by atoms with Crippen LogP contribution in [-0.4, -0.2) is 93.9 Å². The Morgan fingerprint density at radius 3 is 2.41 bits per heavy atom. The minimum Gasteiger partial charge on any atom is -0.504 e. The Bertz CT molecular complexity index is 1490. The Kier molecular flexibility index (Phi) is 8.71. The quantitative estimate of drug-likeness (QED) is 0.296. The molecule has 0 unspecified atom stereocenters. The van der Waals surface area contributed by atoms with Gasteiger partial charge in [-0.05, 0) is 78.3 Å². The summed E-state index contributed by atoms with van der Waals surface area (Å²) in [6.07, 6.45) is -2.34. The Hall–Kier alpha value is -3.97. The van der Waals surface area contributed by atoms with Gasteiger partial charge in [-0.25, -0.2) is 9.59 Å². The van der Waals surface area contributed by atoms with Crippen LogP contribution >= 0.6 is 0 Å². The van der Waals surface area contributed by atoms with Crippen molar-refractivity contribution in [2.45, 2.75) is 114 Å². The van der Waals surface area contributed by atoms with Gasteiger partial charge in [0.05, 0.1) is 23.9 Å². The van der Waals surface area contributed by atoms with Crippen LogP contribution in [0, 0.1) is 0 Å². The third-order valence-electron chi connectivity index (χ3n) is 9.13. The fourth-order valence-corrected chi connectivity index (χ4v) is 7.43. The molecule has 4 aliphatic rings. The van der Waals surface area contributed by atoms with Gasteiger partial charge in [-0.1, -0.05) is 6.07 Å². The van der Waals surface area contributed by atoms with E-state index in [1.54, 1.807) is 32.9 Å². The topological polar surface area (TPSA) is 175 Å². The zero-order chi connectivity index (χ0) is 33.8. The monoisotopic (exact) mass is 643 g/mol. The van der Waals surface area contributed by atoms with Crippen LogP contribution < -0.4 is 4.74 Å². The molecule has 13 nitrogen and oxygen atoms in total. The molecule has 2 N–H and O–H groups in total. The van der Waals surface area contributed by atoms with Crippen molar-refractivity contribution in [2.24, 2.45) is 0 Å². The number of carbonyl (C=O) groups excluding carboxylic acids is 5. The van der Waals surface area contributed by atoms with Crippen molar-refractivity contribution in [3.8, 4) is 11.5 Å². The number of ether oxygens (including phenoxy) is 5. The average Bonchev–Trinajstić information content (AvgIpc) is 3.27. The maximum Gasteiger partial charge on any atom is 0.353 e. The Balaban J connectivity index is 1.42. The van der Waals surface area contributed by atoms with Crippen molar-refractivity contribution < 1.29 is 57.9 Å². The number of carbonyl (C=O) groups is 5. The van der Waals surface area contributed by atoms with Crippen molar-refractivity contribution in [3.63, 3.8) is 0 Å². The first-order chi connectivity index (χ1) is 21.5. The average molecular weight is 644 g/mol. The first-order valence-electron chi connectivity index (χ1n) is 15.4. The molecule has 0 radical (unpaired) electrons. The second kappa shape index (κ2) is 12.0. The summed E-state index contributed by atoms with van der Waals surface area (Å²) in [5, 5.41) is 23.2. The molecular weight excluding hydrogens is 602 g/mol. The minimum atomic E-state index is -1.76. The van der Waals surface area contributed by atoms with Crippen molar-refractivity contribution in [3.05, 3.63) is 35.1 Å². The number of rotatable bonds is 9. The van der Waals surface area contributed by atoms with Gasteiger partial charge in [0.1, 0.15) is 17.1 Å². The zero-order valence-electron chi connectivity index (χ0n) is 26.9. The predicted molar refractivity (Wildman–Crippen MR) is 158 cm³/mol. The molecule has 0 aromatic heterocycles. The summed E-state index contributed by atoms with van der Waals surface area (Å²) in [5.74, 6) is -4.39. The van der Waals surface area contributed by atoms with Gasteiger partial charge in [0, 0.05) is 24.9 Å². The van der Waals surface area contributed by atoms with E-state index in [0.29, 0.717) is 24.8 Å². The molecule has 2 bridgehead atoms. The van der Waals surface area contributed by atoms with Gasteiger partial charge in [0.25, 0.3) is 0 Å². The van der Waals surface area contributed by atoms with Crippen LogP contribution in [0.25, 0.3) is 0 Å². The van der Waals surface area contributed by atoms with Gasteiger partial charge in [-0.2, -0.15) is 0 Å². The number of likely N-dealkylation sites (N-methyl/N-ethyl adjacent to an activating group) is 1. The highest BCUT2D eigenvalue weighted by atomic mass is 16.6. The van der Waals surface area contributed by atoms with Crippen LogP contribution in [0.1, 0.15) is 77.8 Å². The molecule has 1 aromatic rings. The predicted octanol–water partition coefficient (Wildman–Crippen LogP) is 2.16. The molecule has 2 aliphatic heterocycles. The highest BCUT2D eigenvalue weighted by Crippen LogP contribution is 2.64. The van der Waals surface area contributed by atoms with Gasteiger partial charge in [0.2, 0.25) is 12.2 Å². The highest BCUT2D eigenvalue weighted by Gasteiger charge is 2.71. The summed E-state index contributed by atoms with van der Waals surface area (Å²) in [7, 11) is 1.96. The van der Waals surface area contributed by atoms with Gasteiger partial charge in [-0.15, -0.1) is 0 Å². The summed E-state index contributed by atoms with van der Waals surface area (Å²) in [4.78, 5) is 65.2. The first-order valence-corrected chi connectivity index (χ1v) is 15.4. The lowest BCUT2D eigenvalue weighted by Crippen LogP contribution is -2.69. The maximum atomic E-state index is 13.6. The number of hydrogen-bond acceptors (Lipinski definition) is 13. The van der Waals surface area contributed by atoms with Crippen LogP contribution in [0.15, 0.2) is 24.0 Å². The summed E-state index contributed by atoms with van der Waals surface area (Å²) < 4.78 is 27.7. The van der Waals surface area contributed by atoms with Crippen LogP contribution in [-0.2, 0) is 54.8 Å². The number of Topliss-reactive ketones (excluding diaryl/α,β-unsaturated/α-hetero) is 1. The molecule has 6 atom stereocenters. The number of esters is 4. The lowest BCUT2D eigenvalue weighted by atomic mass is 9.52. The van der Waals surface area contributed by atoms with E-state index in [-0.39, 0.29) is 29.7 Å². The molecule has 0 amide bonds. The molecule has 2 aliphatic carbocycles. The van der Waals surface area contributed by atoms with E-state index in [1.165, 1.54) is 6.92 Å². The van der Waals surface area contributed by atoms with E-state index in [9.17, 15) is 34.2 Å². The fraction of sp³-hybridized carbons (Fsp3) is 0.606. The molecular formula is C33H41NO12.